The predicted octanol–water partition coefficient (Wildman–Crippen LogP) is 13.5. The van der Waals surface area contributed by atoms with Gasteiger partial charge in [0, 0.05) is 30.0 Å². The standard InChI is InChI=1S/C52H37N3/c1-3-16-41(34-53-2)37-21-13-23-39(31-37)48-33-49(40-24-14-22-38(32-40)43-30-15-20-35-17-7-8-25-42(35)43)55-52(54-48)51-46-28-11-9-26-44(46)50(36-18-5-4-6-19-36)45-27-10-12-29-47(45)51/h3-34H,1H2,2H3/b41-16+,53-34?. The van der Waals surface area contributed by atoms with Crippen LogP contribution in [0.25, 0.3) is 94.0 Å². The fourth-order valence-electron chi connectivity index (χ4n) is 7.80. The highest BCUT2D eigenvalue weighted by molar-refractivity contribution is 6.21. The van der Waals surface area contributed by atoms with Gasteiger partial charge >= 0.3 is 0 Å². The van der Waals surface area contributed by atoms with Crippen LogP contribution >= 0.6 is 0 Å². The second-order valence-corrected chi connectivity index (χ2v) is 13.6. The molecular weight excluding hydrogens is 667 g/mol. The predicted molar refractivity (Wildman–Crippen MR) is 234 cm³/mol. The maximum absolute atomic E-state index is 5.46. The molecule has 9 rings (SSSR count). The first-order valence-corrected chi connectivity index (χ1v) is 18.5. The maximum atomic E-state index is 5.46. The molecule has 260 valence electrons. The van der Waals surface area contributed by atoms with Crippen molar-refractivity contribution < 1.29 is 0 Å². The van der Waals surface area contributed by atoms with E-state index in [1.807, 2.05) is 12.3 Å². The first kappa shape index (κ1) is 33.6. The second kappa shape index (κ2) is 14.7. The van der Waals surface area contributed by atoms with E-state index in [4.69, 9.17) is 9.97 Å². The van der Waals surface area contributed by atoms with Crippen molar-refractivity contribution in [3.63, 3.8) is 0 Å². The van der Waals surface area contributed by atoms with E-state index in [2.05, 4.69) is 187 Å². The smallest absolute Gasteiger partial charge is 0.161 e. The fourth-order valence-corrected chi connectivity index (χ4v) is 7.80. The molecular formula is C52H37N3. The number of aromatic nitrogens is 2. The molecule has 0 aliphatic carbocycles. The minimum Gasteiger partial charge on any atom is -0.296 e. The highest BCUT2D eigenvalue weighted by atomic mass is 14.9. The molecule has 0 spiro atoms. The van der Waals surface area contributed by atoms with Crippen LogP contribution < -0.4 is 0 Å². The Bertz CT molecular complexity index is 2890. The summed E-state index contributed by atoms with van der Waals surface area (Å²) in [6.07, 6.45) is 5.64. The van der Waals surface area contributed by atoms with E-state index in [0.717, 1.165) is 66.3 Å². The molecule has 0 aliphatic rings. The SMILES string of the molecule is C=C/C=C(\C=NC)c1cccc(-c2cc(-c3cccc(-c4cccc5ccccc45)c3)nc(-c3c4ccccc4c(-c4ccccc4)c4ccccc34)n2)c1. The summed E-state index contributed by atoms with van der Waals surface area (Å²) in [6, 6.07) is 62.3. The molecule has 1 heterocycles. The summed E-state index contributed by atoms with van der Waals surface area (Å²) in [6.45, 7) is 3.94. The topological polar surface area (TPSA) is 38.1 Å². The number of rotatable bonds is 8. The summed E-state index contributed by atoms with van der Waals surface area (Å²) in [5.41, 5.74) is 11.4. The minimum atomic E-state index is 0.678. The molecule has 0 aliphatic heterocycles. The third-order valence-electron chi connectivity index (χ3n) is 10.3. The molecule has 8 aromatic carbocycles. The normalized spacial score (nSPS) is 11.8. The van der Waals surface area contributed by atoms with E-state index in [-0.39, 0.29) is 0 Å². The van der Waals surface area contributed by atoms with Crippen LogP contribution in [0.15, 0.2) is 200 Å². The Balaban J connectivity index is 1.32. The van der Waals surface area contributed by atoms with Gasteiger partial charge in [-0.3, -0.25) is 4.99 Å². The van der Waals surface area contributed by atoms with Gasteiger partial charge in [0.2, 0.25) is 0 Å². The Hall–Kier alpha value is -7.23. The monoisotopic (exact) mass is 703 g/mol. The lowest BCUT2D eigenvalue weighted by molar-refractivity contribution is 1.19. The van der Waals surface area contributed by atoms with Crippen molar-refractivity contribution >= 4 is 44.1 Å². The lowest BCUT2D eigenvalue weighted by Gasteiger charge is -2.18. The first-order chi connectivity index (χ1) is 27.2. The van der Waals surface area contributed by atoms with Crippen LogP contribution in [-0.4, -0.2) is 23.2 Å². The molecule has 0 bridgehead atoms. The Morgan fingerprint density at radius 3 is 1.69 bits per heavy atom. The van der Waals surface area contributed by atoms with Gasteiger partial charge in [-0.2, -0.15) is 0 Å². The molecule has 0 amide bonds. The molecule has 1 aromatic heterocycles. The van der Waals surface area contributed by atoms with E-state index in [1.54, 1.807) is 13.1 Å². The van der Waals surface area contributed by atoms with Crippen LogP contribution in [0.2, 0.25) is 0 Å². The average Bonchev–Trinajstić information content (AvgIpc) is 3.25. The van der Waals surface area contributed by atoms with Crippen LogP contribution in [0, 0.1) is 0 Å². The molecule has 0 fully saturated rings. The van der Waals surface area contributed by atoms with Crippen LogP contribution in [-0.2, 0) is 0 Å². The molecule has 0 radical (unpaired) electrons. The molecule has 55 heavy (non-hydrogen) atoms. The largest absolute Gasteiger partial charge is 0.296 e. The number of nitrogens with zero attached hydrogens (tertiary/aromatic N) is 3. The summed E-state index contributed by atoms with van der Waals surface area (Å²) < 4.78 is 0. The molecule has 0 atom stereocenters. The van der Waals surface area contributed by atoms with Crippen molar-refractivity contribution in [1.82, 2.24) is 9.97 Å². The highest BCUT2D eigenvalue weighted by Gasteiger charge is 2.20. The average molecular weight is 704 g/mol. The Labute approximate surface area is 321 Å². The molecule has 0 unspecified atom stereocenters. The number of fused-ring (bicyclic) bond motifs is 3. The van der Waals surface area contributed by atoms with E-state index < -0.39 is 0 Å². The third-order valence-corrected chi connectivity index (χ3v) is 10.3. The number of benzene rings is 8. The second-order valence-electron chi connectivity index (χ2n) is 13.6. The van der Waals surface area contributed by atoms with E-state index >= 15 is 0 Å². The van der Waals surface area contributed by atoms with Crippen LogP contribution in [0.5, 0.6) is 0 Å². The third kappa shape index (κ3) is 6.32. The lowest BCUT2D eigenvalue weighted by Crippen LogP contribution is -1.99. The summed E-state index contributed by atoms with van der Waals surface area (Å²) in [5, 5.41) is 6.98. The Kier molecular flexibility index (Phi) is 8.95. The highest BCUT2D eigenvalue weighted by Crippen LogP contribution is 2.43. The van der Waals surface area contributed by atoms with Gasteiger partial charge in [-0.1, -0.05) is 176 Å². The zero-order valence-corrected chi connectivity index (χ0v) is 30.5. The Morgan fingerprint density at radius 2 is 1.02 bits per heavy atom. The van der Waals surface area contributed by atoms with E-state index in [1.165, 1.54) is 27.5 Å². The van der Waals surface area contributed by atoms with Crippen molar-refractivity contribution in [2.75, 3.05) is 7.05 Å². The zero-order chi connectivity index (χ0) is 37.1. The summed E-state index contributed by atoms with van der Waals surface area (Å²) >= 11 is 0. The molecule has 0 N–H and O–H groups in total. The number of hydrogen-bond donors (Lipinski definition) is 0. The summed E-state index contributed by atoms with van der Waals surface area (Å²) in [7, 11) is 1.79. The number of allylic oxidation sites excluding steroid dienone is 3. The number of aliphatic imine (C=N–C) groups is 1. The zero-order valence-electron chi connectivity index (χ0n) is 30.5. The Morgan fingerprint density at radius 1 is 0.491 bits per heavy atom. The van der Waals surface area contributed by atoms with Crippen molar-refractivity contribution in [3.05, 3.63) is 200 Å². The van der Waals surface area contributed by atoms with Gasteiger partial charge in [-0.15, -0.1) is 0 Å². The van der Waals surface area contributed by atoms with Crippen LogP contribution in [0.3, 0.4) is 0 Å². The molecule has 9 aromatic rings. The van der Waals surface area contributed by atoms with Gasteiger partial charge < -0.3 is 0 Å². The van der Waals surface area contributed by atoms with Gasteiger partial charge in [0.25, 0.3) is 0 Å². The maximum Gasteiger partial charge on any atom is 0.161 e. The van der Waals surface area contributed by atoms with Crippen molar-refractivity contribution in [2.24, 2.45) is 4.99 Å². The van der Waals surface area contributed by atoms with E-state index in [0.29, 0.717) is 5.82 Å². The summed E-state index contributed by atoms with van der Waals surface area (Å²) in [4.78, 5) is 15.2. The molecule has 0 saturated heterocycles. The van der Waals surface area contributed by atoms with Crippen molar-refractivity contribution in [3.8, 4) is 56.2 Å². The van der Waals surface area contributed by atoms with Gasteiger partial charge in [0.05, 0.1) is 11.4 Å². The first-order valence-electron chi connectivity index (χ1n) is 18.5. The van der Waals surface area contributed by atoms with Crippen molar-refractivity contribution in [2.45, 2.75) is 0 Å². The van der Waals surface area contributed by atoms with Crippen molar-refractivity contribution in [1.29, 1.82) is 0 Å². The van der Waals surface area contributed by atoms with Gasteiger partial charge in [0.1, 0.15) is 0 Å². The number of hydrogen-bond acceptors (Lipinski definition) is 3. The van der Waals surface area contributed by atoms with Gasteiger partial charge in [0.15, 0.2) is 5.82 Å². The molecule has 0 saturated carbocycles. The van der Waals surface area contributed by atoms with Crippen LogP contribution in [0.4, 0.5) is 0 Å². The van der Waals surface area contributed by atoms with Crippen LogP contribution in [0.1, 0.15) is 5.56 Å². The van der Waals surface area contributed by atoms with E-state index in [9.17, 15) is 0 Å². The van der Waals surface area contributed by atoms with Gasteiger partial charge in [-0.05, 0) is 83.9 Å². The van der Waals surface area contributed by atoms with Gasteiger partial charge in [-0.25, -0.2) is 9.97 Å². The quantitative estimate of drug-likeness (QED) is 0.0897. The molecule has 3 heteroatoms. The summed E-state index contributed by atoms with van der Waals surface area (Å²) in [5.74, 6) is 0.678. The molecule has 3 nitrogen and oxygen atoms in total. The fraction of sp³-hybridized carbons (Fsp3) is 0.0192. The lowest BCUT2D eigenvalue weighted by atomic mass is 9.88. The minimum absolute atomic E-state index is 0.678.